The van der Waals surface area contributed by atoms with Crippen molar-refractivity contribution in [2.24, 2.45) is 11.3 Å². The molecule has 1 aromatic rings. The van der Waals surface area contributed by atoms with E-state index in [1.807, 2.05) is 0 Å². The lowest BCUT2D eigenvalue weighted by Gasteiger charge is -2.23. The van der Waals surface area contributed by atoms with Crippen molar-refractivity contribution in [2.75, 3.05) is 18.4 Å². The Labute approximate surface area is 124 Å². The van der Waals surface area contributed by atoms with E-state index in [0.29, 0.717) is 0 Å². The molecule has 1 saturated carbocycles. The number of hydrogen-bond donors (Lipinski definition) is 2. The molecule has 0 radical (unpaired) electrons. The number of halogens is 3. The molecule has 1 heterocycles. The largest absolute Gasteiger partial charge is 0.323 e. The highest BCUT2D eigenvalue weighted by molar-refractivity contribution is 9.10. The second-order valence-corrected chi connectivity index (χ2v) is 6.46. The maximum absolute atomic E-state index is 13.7. The van der Waals surface area contributed by atoms with Crippen molar-refractivity contribution in [2.45, 2.75) is 19.3 Å². The first-order valence-electron chi connectivity index (χ1n) is 6.68. The Balaban J connectivity index is 1.70. The van der Waals surface area contributed by atoms with Crippen molar-refractivity contribution in [3.05, 3.63) is 28.2 Å². The standard InChI is InChI=1S/C14H15BrF2N2O/c15-9-5-11(17)12(6-10(9)16)19-13(20)8-7-14(8)1-3-18-4-2-14/h5-6,8,18H,1-4,7H2,(H,19,20). The van der Waals surface area contributed by atoms with Crippen molar-refractivity contribution in [3.8, 4) is 0 Å². The summed E-state index contributed by atoms with van der Waals surface area (Å²) in [5.74, 6) is -1.50. The third-order valence-corrected chi connectivity index (χ3v) is 4.98. The number of piperidine rings is 1. The Morgan fingerprint density at radius 1 is 1.30 bits per heavy atom. The molecule has 1 unspecified atom stereocenters. The molecular formula is C14H15BrF2N2O. The minimum Gasteiger partial charge on any atom is -0.323 e. The van der Waals surface area contributed by atoms with Crippen LogP contribution in [0.5, 0.6) is 0 Å². The van der Waals surface area contributed by atoms with E-state index in [0.717, 1.165) is 44.5 Å². The molecular weight excluding hydrogens is 330 g/mol. The van der Waals surface area contributed by atoms with Gasteiger partial charge >= 0.3 is 0 Å². The molecule has 1 spiro atoms. The number of rotatable bonds is 2. The van der Waals surface area contributed by atoms with Crippen LogP contribution >= 0.6 is 15.9 Å². The highest BCUT2D eigenvalue weighted by Gasteiger charge is 2.57. The summed E-state index contributed by atoms with van der Waals surface area (Å²) in [6, 6.07) is 2.03. The predicted octanol–water partition coefficient (Wildman–Crippen LogP) is 3.06. The van der Waals surface area contributed by atoms with Gasteiger partial charge in [-0.05, 0) is 59.8 Å². The van der Waals surface area contributed by atoms with E-state index >= 15 is 0 Å². The van der Waals surface area contributed by atoms with Crippen molar-refractivity contribution in [3.63, 3.8) is 0 Å². The zero-order chi connectivity index (χ0) is 14.3. The first kappa shape index (κ1) is 13.9. The molecule has 3 rings (SSSR count). The molecule has 2 aliphatic rings. The molecule has 1 amide bonds. The van der Waals surface area contributed by atoms with Crippen LogP contribution in [0.15, 0.2) is 16.6 Å². The van der Waals surface area contributed by atoms with Gasteiger partial charge in [0.15, 0.2) is 0 Å². The van der Waals surface area contributed by atoms with E-state index in [1.165, 1.54) is 0 Å². The average Bonchev–Trinajstić information content (AvgIpc) is 3.10. The summed E-state index contributed by atoms with van der Waals surface area (Å²) in [5.41, 5.74) is -0.00798. The lowest BCUT2D eigenvalue weighted by molar-refractivity contribution is -0.118. The van der Waals surface area contributed by atoms with Crippen molar-refractivity contribution < 1.29 is 13.6 Å². The van der Waals surface area contributed by atoms with Crippen LogP contribution in [0.2, 0.25) is 0 Å². The van der Waals surface area contributed by atoms with Crippen LogP contribution in [-0.4, -0.2) is 19.0 Å². The smallest absolute Gasteiger partial charge is 0.228 e. The number of carbonyl (C=O) groups is 1. The van der Waals surface area contributed by atoms with Gasteiger partial charge in [0.25, 0.3) is 0 Å². The van der Waals surface area contributed by atoms with Gasteiger partial charge in [0.05, 0.1) is 10.2 Å². The van der Waals surface area contributed by atoms with Crippen LogP contribution in [0.4, 0.5) is 14.5 Å². The number of amides is 1. The van der Waals surface area contributed by atoms with E-state index in [1.54, 1.807) is 0 Å². The second kappa shape index (κ2) is 5.07. The van der Waals surface area contributed by atoms with Crippen molar-refractivity contribution >= 4 is 27.5 Å². The third kappa shape index (κ3) is 2.46. The molecule has 108 valence electrons. The molecule has 1 aliphatic carbocycles. The first-order valence-corrected chi connectivity index (χ1v) is 7.47. The molecule has 0 bridgehead atoms. The molecule has 1 aliphatic heterocycles. The van der Waals surface area contributed by atoms with E-state index in [-0.39, 0.29) is 27.4 Å². The van der Waals surface area contributed by atoms with Gasteiger partial charge in [-0.1, -0.05) is 0 Å². The van der Waals surface area contributed by atoms with Gasteiger partial charge in [0.1, 0.15) is 11.6 Å². The fourth-order valence-corrected chi connectivity index (χ4v) is 3.35. The SMILES string of the molecule is O=C(Nc1cc(F)c(Br)cc1F)C1CC12CCNCC2. The molecule has 1 saturated heterocycles. The zero-order valence-corrected chi connectivity index (χ0v) is 12.4. The number of benzene rings is 1. The van der Waals surface area contributed by atoms with Crippen LogP contribution in [0.25, 0.3) is 0 Å². The normalized spacial score (nSPS) is 23.6. The maximum atomic E-state index is 13.7. The van der Waals surface area contributed by atoms with Crippen LogP contribution in [-0.2, 0) is 4.79 Å². The molecule has 20 heavy (non-hydrogen) atoms. The number of anilines is 1. The van der Waals surface area contributed by atoms with Gasteiger partial charge in [0, 0.05) is 12.0 Å². The average molecular weight is 345 g/mol. The molecule has 6 heteroatoms. The number of nitrogens with one attached hydrogen (secondary N) is 2. The van der Waals surface area contributed by atoms with Crippen molar-refractivity contribution in [1.82, 2.24) is 5.32 Å². The Bertz CT molecular complexity index is 558. The lowest BCUT2D eigenvalue weighted by Crippen LogP contribution is -2.31. The van der Waals surface area contributed by atoms with Gasteiger partial charge in [-0.25, -0.2) is 8.78 Å². The van der Waals surface area contributed by atoms with Crippen LogP contribution in [0, 0.1) is 23.0 Å². The van der Waals surface area contributed by atoms with E-state index < -0.39 is 11.6 Å². The number of hydrogen-bond acceptors (Lipinski definition) is 2. The summed E-state index contributed by atoms with van der Waals surface area (Å²) in [4.78, 5) is 12.2. The van der Waals surface area contributed by atoms with Crippen LogP contribution in [0.1, 0.15) is 19.3 Å². The molecule has 3 nitrogen and oxygen atoms in total. The summed E-state index contributed by atoms with van der Waals surface area (Å²) < 4.78 is 27.1. The summed E-state index contributed by atoms with van der Waals surface area (Å²) in [6.07, 6.45) is 2.80. The minimum absolute atomic E-state index is 0.0502. The Kier molecular flexibility index (Phi) is 3.54. The monoisotopic (exact) mass is 344 g/mol. The predicted molar refractivity (Wildman–Crippen MR) is 75.3 cm³/mol. The van der Waals surface area contributed by atoms with E-state index in [4.69, 9.17) is 0 Å². The van der Waals surface area contributed by atoms with Gasteiger partial charge in [-0.2, -0.15) is 0 Å². The minimum atomic E-state index is -0.633. The summed E-state index contributed by atoms with van der Waals surface area (Å²) in [5, 5.41) is 5.78. The molecule has 2 fully saturated rings. The Morgan fingerprint density at radius 2 is 2.00 bits per heavy atom. The zero-order valence-electron chi connectivity index (χ0n) is 10.8. The Hall–Kier alpha value is -1.01. The fraction of sp³-hybridized carbons (Fsp3) is 0.500. The first-order chi connectivity index (χ1) is 9.52. The lowest BCUT2D eigenvalue weighted by atomic mass is 9.92. The van der Waals surface area contributed by atoms with Gasteiger partial charge in [0.2, 0.25) is 5.91 Å². The highest BCUT2D eigenvalue weighted by atomic mass is 79.9. The summed E-state index contributed by atoms with van der Waals surface area (Å²) >= 11 is 2.91. The van der Waals surface area contributed by atoms with E-state index in [2.05, 4.69) is 26.6 Å². The Morgan fingerprint density at radius 3 is 2.70 bits per heavy atom. The molecule has 2 N–H and O–H groups in total. The topological polar surface area (TPSA) is 41.1 Å². The van der Waals surface area contributed by atoms with Gasteiger partial charge < -0.3 is 10.6 Å². The molecule has 1 aromatic carbocycles. The fourth-order valence-electron chi connectivity index (χ4n) is 3.03. The maximum Gasteiger partial charge on any atom is 0.228 e. The molecule has 0 aromatic heterocycles. The van der Waals surface area contributed by atoms with Crippen molar-refractivity contribution in [1.29, 1.82) is 0 Å². The highest BCUT2D eigenvalue weighted by Crippen LogP contribution is 2.58. The van der Waals surface area contributed by atoms with Gasteiger partial charge in [-0.3, -0.25) is 4.79 Å². The van der Waals surface area contributed by atoms with Crippen LogP contribution < -0.4 is 10.6 Å². The molecule has 1 atom stereocenters. The van der Waals surface area contributed by atoms with E-state index in [9.17, 15) is 13.6 Å². The van der Waals surface area contributed by atoms with Crippen LogP contribution in [0.3, 0.4) is 0 Å². The quantitative estimate of drug-likeness (QED) is 0.809. The second-order valence-electron chi connectivity index (χ2n) is 5.60. The number of carbonyl (C=O) groups excluding carboxylic acids is 1. The summed E-state index contributed by atoms with van der Waals surface area (Å²) in [6.45, 7) is 1.84. The third-order valence-electron chi connectivity index (χ3n) is 4.37. The van der Waals surface area contributed by atoms with Gasteiger partial charge in [-0.15, -0.1) is 0 Å². The summed E-state index contributed by atoms with van der Waals surface area (Å²) in [7, 11) is 0.